The Kier molecular flexibility index (Phi) is 3.97. The second-order valence-corrected chi connectivity index (χ2v) is 5.35. The topological polar surface area (TPSA) is 43.8 Å². The third-order valence-corrected chi connectivity index (χ3v) is 3.56. The Morgan fingerprint density at radius 3 is 2.71 bits per heavy atom. The van der Waals surface area contributed by atoms with Gasteiger partial charge in [0.25, 0.3) is 0 Å². The van der Waals surface area contributed by atoms with Crippen LogP contribution in [-0.4, -0.2) is 15.5 Å². The molecule has 5 heteroatoms. The molecule has 2 N–H and O–H groups in total. The Morgan fingerprint density at radius 1 is 1.35 bits per heavy atom. The van der Waals surface area contributed by atoms with Gasteiger partial charge in [-0.15, -0.1) is 11.8 Å². The predicted octanol–water partition coefficient (Wildman–Crippen LogP) is 3.28. The number of halogens is 1. The zero-order chi connectivity index (χ0) is 12.3. The Hall–Kier alpha value is -1.13. The van der Waals surface area contributed by atoms with Crippen LogP contribution < -0.4 is 5.73 Å². The van der Waals surface area contributed by atoms with E-state index in [1.54, 1.807) is 16.4 Å². The van der Waals surface area contributed by atoms with Gasteiger partial charge in [0.2, 0.25) is 0 Å². The number of nitrogens with zero attached hydrogens (tertiary/aromatic N) is 2. The quantitative estimate of drug-likeness (QED) is 0.865. The molecule has 1 heterocycles. The molecular weight excluding hydrogens is 254 g/mol. The number of anilines is 1. The fourth-order valence-corrected chi connectivity index (χ4v) is 2.35. The van der Waals surface area contributed by atoms with Gasteiger partial charge in [0.15, 0.2) is 0 Å². The van der Waals surface area contributed by atoms with Crippen molar-refractivity contribution in [3.8, 4) is 0 Å². The summed E-state index contributed by atoms with van der Waals surface area (Å²) in [6, 6.07) is 7.71. The number of rotatable bonds is 4. The van der Waals surface area contributed by atoms with Crippen molar-refractivity contribution in [2.24, 2.45) is 0 Å². The molecule has 0 saturated heterocycles. The van der Waals surface area contributed by atoms with Crippen LogP contribution in [0.15, 0.2) is 35.4 Å². The predicted molar refractivity (Wildman–Crippen MR) is 73.6 cm³/mol. The zero-order valence-corrected chi connectivity index (χ0v) is 11.1. The summed E-state index contributed by atoms with van der Waals surface area (Å²) in [7, 11) is 0. The van der Waals surface area contributed by atoms with E-state index in [0.29, 0.717) is 6.54 Å². The van der Waals surface area contributed by atoms with E-state index < -0.39 is 0 Å². The van der Waals surface area contributed by atoms with E-state index in [1.807, 2.05) is 30.5 Å². The van der Waals surface area contributed by atoms with E-state index in [2.05, 4.69) is 12.0 Å². The fraction of sp³-hybridized carbons (Fsp3) is 0.250. The maximum atomic E-state index is 6.02. The largest absolute Gasteiger partial charge is 0.383 e. The van der Waals surface area contributed by atoms with E-state index >= 15 is 0 Å². The van der Waals surface area contributed by atoms with Crippen LogP contribution in [0.25, 0.3) is 0 Å². The van der Waals surface area contributed by atoms with Crippen LogP contribution in [0.4, 0.5) is 5.82 Å². The minimum atomic E-state index is 0.674. The second kappa shape index (κ2) is 5.47. The summed E-state index contributed by atoms with van der Waals surface area (Å²) < 4.78 is 1.81. The lowest BCUT2D eigenvalue weighted by molar-refractivity contribution is 0.696. The van der Waals surface area contributed by atoms with Crippen LogP contribution in [0, 0.1) is 0 Å². The van der Waals surface area contributed by atoms with Gasteiger partial charge in [-0.05, 0) is 23.4 Å². The molecule has 0 radical (unpaired) electrons. The van der Waals surface area contributed by atoms with Crippen LogP contribution in [0.2, 0.25) is 5.02 Å². The van der Waals surface area contributed by atoms with Crippen LogP contribution in [0.1, 0.15) is 12.5 Å². The van der Waals surface area contributed by atoms with Gasteiger partial charge >= 0.3 is 0 Å². The molecule has 0 bridgehead atoms. The van der Waals surface area contributed by atoms with Crippen molar-refractivity contribution in [2.75, 3.05) is 11.5 Å². The van der Waals surface area contributed by atoms with E-state index in [4.69, 9.17) is 17.3 Å². The second-order valence-electron chi connectivity index (χ2n) is 3.61. The Balaban J connectivity index is 2.16. The number of nitrogens with two attached hydrogens (primary N) is 1. The SMILES string of the molecule is CCSc1cnn(Cc2ccc(Cl)cc2)c1N. The molecule has 0 fully saturated rings. The lowest BCUT2D eigenvalue weighted by Crippen LogP contribution is -2.05. The number of benzene rings is 1. The van der Waals surface area contributed by atoms with Crippen molar-refractivity contribution in [3.05, 3.63) is 41.0 Å². The average Bonchev–Trinajstić information content (AvgIpc) is 2.65. The highest BCUT2D eigenvalue weighted by Gasteiger charge is 2.07. The molecule has 0 spiro atoms. The molecule has 0 unspecified atom stereocenters. The fourth-order valence-electron chi connectivity index (χ4n) is 1.53. The maximum Gasteiger partial charge on any atom is 0.135 e. The highest BCUT2D eigenvalue weighted by Crippen LogP contribution is 2.24. The van der Waals surface area contributed by atoms with Crippen LogP contribution in [-0.2, 0) is 6.54 Å². The number of nitrogen functional groups attached to an aromatic ring is 1. The van der Waals surface area contributed by atoms with Crippen LogP contribution >= 0.6 is 23.4 Å². The van der Waals surface area contributed by atoms with Gasteiger partial charge in [-0.2, -0.15) is 5.10 Å². The highest BCUT2D eigenvalue weighted by atomic mass is 35.5. The minimum absolute atomic E-state index is 0.674. The molecule has 2 rings (SSSR count). The number of hydrogen-bond acceptors (Lipinski definition) is 3. The van der Waals surface area contributed by atoms with Crippen LogP contribution in [0.3, 0.4) is 0 Å². The molecule has 0 aliphatic heterocycles. The molecule has 1 aromatic carbocycles. The first-order valence-electron chi connectivity index (χ1n) is 5.39. The summed E-state index contributed by atoms with van der Waals surface area (Å²) >= 11 is 7.55. The van der Waals surface area contributed by atoms with Gasteiger partial charge in [-0.3, -0.25) is 0 Å². The van der Waals surface area contributed by atoms with E-state index in [1.165, 1.54) is 0 Å². The Morgan fingerprint density at radius 2 is 2.06 bits per heavy atom. The summed E-state index contributed by atoms with van der Waals surface area (Å²) in [6.07, 6.45) is 1.82. The normalized spacial score (nSPS) is 10.7. The van der Waals surface area contributed by atoms with Crippen molar-refractivity contribution in [2.45, 2.75) is 18.4 Å². The van der Waals surface area contributed by atoms with Gasteiger partial charge in [0, 0.05) is 5.02 Å². The molecule has 90 valence electrons. The highest BCUT2D eigenvalue weighted by molar-refractivity contribution is 7.99. The van der Waals surface area contributed by atoms with Gasteiger partial charge in [-0.25, -0.2) is 4.68 Å². The summed E-state index contributed by atoms with van der Waals surface area (Å²) in [5.41, 5.74) is 7.16. The molecule has 1 aromatic heterocycles. The third kappa shape index (κ3) is 2.96. The van der Waals surface area contributed by atoms with Gasteiger partial charge in [0.1, 0.15) is 5.82 Å². The molecule has 17 heavy (non-hydrogen) atoms. The molecule has 0 aliphatic rings. The lowest BCUT2D eigenvalue weighted by atomic mass is 10.2. The lowest BCUT2D eigenvalue weighted by Gasteiger charge is -2.05. The number of thioether (sulfide) groups is 1. The Bertz CT molecular complexity index is 493. The van der Waals surface area contributed by atoms with Crippen molar-refractivity contribution < 1.29 is 0 Å². The van der Waals surface area contributed by atoms with Crippen molar-refractivity contribution in [1.82, 2.24) is 9.78 Å². The summed E-state index contributed by atoms with van der Waals surface area (Å²) in [5.74, 6) is 1.73. The van der Waals surface area contributed by atoms with Gasteiger partial charge in [0.05, 0.1) is 17.6 Å². The Labute approximate surface area is 110 Å². The number of aromatic nitrogens is 2. The first-order valence-corrected chi connectivity index (χ1v) is 6.75. The zero-order valence-electron chi connectivity index (χ0n) is 9.56. The summed E-state index contributed by atoms with van der Waals surface area (Å²) in [5, 5.41) is 5.03. The molecule has 0 aliphatic carbocycles. The molecular formula is C12H14ClN3S. The van der Waals surface area contributed by atoms with Crippen molar-refractivity contribution in [3.63, 3.8) is 0 Å². The molecule has 0 amide bonds. The molecule has 0 saturated carbocycles. The first kappa shape index (κ1) is 12.3. The molecule has 3 nitrogen and oxygen atoms in total. The molecule has 2 aromatic rings. The summed E-state index contributed by atoms with van der Waals surface area (Å²) in [4.78, 5) is 1.04. The average molecular weight is 268 g/mol. The third-order valence-electron chi connectivity index (χ3n) is 2.39. The summed E-state index contributed by atoms with van der Waals surface area (Å²) in [6.45, 7) is 2.77. The smallest absolute Gasteiger partial charge is 0.135 e. The minimum Gasteiger partial charge on any atom is -0.383 e. The van der Waals surface area contributed by atoms with E-state index in [0.717, 1.165) is 27.1 Å². The standard InChI is InChI=1S/C12H14ClN3S/c1-2-17-11-7-15-16(12(11)14)8-9-3-5-10(13)6-4-9/h3-7H,2,8,14H2,1H3. The van der Waals surface area contributed by atoms with E-state index in [-0.39, 0.29) is 0 Å². The first-order chi connectivity index (χ1) is 8.20. The van der Waals surface area contributed by atoms with Gasteiger partial charge in [-0.1, -0.05) is 30.7 Å². The number of hydrogen-bond donors (Lipinski definition) is 1. The van der Waals surface area contributed by atoms with Crippen LogP contribution in [0.5, 0.6) is 0 Å². The van der Waals surface area contributed by atoms with E-state index in [9.17, 15) is 0 Å². The van der Waals surface area contributed by atoms with Crippen molar-refractivity contribution in [1.29, 1.82) is 0 Å². The van der Waals surface area contributed by atoms with Crippen molar-refractivity contribution >= 4 is 29.2 Å². The maximum absolute atomic E-state index is 6.02. The molecule has 0 atom stereocenters. The monoisotopic (exact) mass is 267 g/mol. The van der Waals surface area contributed by atoms with Gasteiger partial charge < -0.3 is 5.73 Å².